The maximum absolute atomic E-state index is 12.8. The Morgan fingerprint density at radius 1 is 1.23 bits per heavy atom. The van der Waals surface area contributed by atoms with Crippen molar-refractivity contribution in [3.8, 4) is 0 Å². The summed E-state index contributed by atoms with van der Waals surface area (Å²) in [6.07, 6.45) is -2.13. The second-order valence-corrected chi connectivity index (χ2v) is 2.50. The lowest BCUT2D eigenvalue weighted by Crippen LogP contribution is -1.95. The summed E-state index contributed by atoms with van der Waals surface area (Å²) in [7, 11) is 0. The smallest absolute Gasteiger partial charge is 0.211 e. The zero-order valence-electron chi connectivity index (χ0n) is 6.61. The first-order valence-corrected chi connectivity index (χ1v) is 3.66. The minimum atomic E-state index is -2.54. The molecule has 0 nitrogen and oxygen atoms in total. The van der Waals surface area contributed by atoms with Crippen molar-refractivity contribution in [3.63, 3.8) is 0 Å². The highest BCUT2D eigenvalue weighted by Gasteiger charge is 2.08. The third-order valence-corrected chi connectivity index (χ3v) is 1.47. The number of rotatable bonds is 3. The van der Waals surface area contributed by atoms with E-state index in [2.05, 4.69) is 0 Å². The van der Waals surface area contributed by atoms with Crippen LogP contribution in [0.4, 0.5) is 17.6 Å². The van der Waals surface area contributed by atoms with Gasteiger partial charge in [0.1, 0.15) is 11.6 Å². The highest BCUT2D eigenvalue weighted by molar-refractivity contribution is 5.25. The highest BCUT2D eigenvalue weighted by atomic mass is 19.3. The summed E-state index contributed by atoms with van der Waals surface area (Å²) in [5.74, 6) is -1.33. The Balaban J connectivity index is 2.70. The second-order valence-electron chi connectivity index (χ2n) is 2.50. The lowest BCUT2D eigenvalue weighted by molar-refractivity contribution is 0.148. The Bertz CT molecular complexity index is 283. The monoisotopic (exact) mass is 191 g/mol. The van der Waals surface area contributed by atoms with Crippen LogP contribution in [-0.4, -0.2) is 6.43 Å². The van der Waals surface area contributed by atoms with Crippen molar-refractivity contribution < 1.29 is 17.6 Å². The Labute approximate surface area is 73.2 Å². The fourth-order valence-corrected chi connectivity index (χ4v) is 0.887. The lowest BCUT2D eigenvalue weighted by Gasteiger charge is -2.01. The molecule has 0 aliphatic carbocycles. The van der Waals surface area contributed by atoms with Gasteiger partial charge in [-0.25, -0.2) is 17.6 Å². The van der Waals surface area contributed by atoms with Crippen molar-refractivity contribution in [2.24, 2.45) is 0 Å². The number of hydrogen-bond donors (Lipinski definition) is 0. The lowest BCUT2D eigenvalue weighted by atomic mass is 10.1. The number of alkyl halides is 2. The minimum absolute atomic E-state index is 0.125. The van der Waals surface area contributed by atoms with Crippen molar-refractivity contribution in [2.75, 3.05) is 0 Å². The molecule has 0 spiro atoms. The molecule has 1 aromatic rings. The molecule has 0 saturated heterocycles. The number of benzene rings is 1. The van der Waals surface area contributed by atoms with Crippen LogP contribution < -0.4 is 0 Å². The summed E-state index contributed by atoms with van der Waals surface area (Å²) in [6, 6.07) is 2.74. The van der Waals surface area contributed by atoms with Gasteiger partial charge in [0.25, 0.3) is 0 Å². The van der Waals surface area contributed by atoms with Crippen LogP contribution in [0.2, 0.25) is 0 Å². The molecule has 1 radical (unpaired) electrons. The van der Waals surface area contributed by atoms with Gasteiger partial charge < -0.3 is 0 Å². The number of hydrogen-bond acceptors (Lipinski definition) is 0. The molecule has 4 heteroatoms. The zero-order chi connectivity index (χ0) is 9.84. The molecule has 0 unspecified atom stereocenters. The quantitative estimate of drug-likeness (QED) is 0.643. The van der Waals surface area contributed by atoms with Gasteiger partial charge in [-0.3, -0.25) is 0 Å². The van der Waals surface area contributed by atoms with Crippen LogP contribution in [0.3, 0.4) is 0 Å². The van der Waals surface area contributed by atoms with Crippen LogP contribution in [0, 0.1) is 18.1 Å². The molecule has 71 valence electrons. The van der Waals surface area contributed by atoms with E-state index in [9.17, 15) is 17.6 Å². The Morgan fingerprint density at radius 2 is 1.92 bits per heavy atom. The van der Waals surface area contributed by atoms with E-state index in [1.54, 1.807) is 0 Å². The van der Waals surface area contributed by atoms with Gasteiger partial charge in [-0.15, -0.1) is 0 Å². The van der Waals surface area contributed by atoms with E-state index in [4.69, 9.17) is 0 Å². The van der Waals surface area contributed by atoms with Gasteiger partial charge in [0.2, 0.25) is 6.43 Å². The van der Waals surface area contributed by atoms with Crippen molar-refractivity contribution in [2.45, 2.75) is 12.8 Å². The van der Waals surface area contributed by atoms with Gasteiger partial charge in [0, 0.05) is 6.42 Å². The van der Waals surface area contributed by atoms with Gasteiger partial charge in [0.05, 0.1) is 0 Å². The average Bonchev–Trinajstić information content (AvgIpc) is 2.06. The standard InChI is InChI=1S/C9H7F4/c10-7-2-3-8(11)6(5-7)1-4-9(12)13/h1-3,5,9H,4H2. The van der Waals surface area contributed by atoms with Crippen LogP contribution in [0.1, 0.15) is 12.0 Å². The largest absolute Gasteiger partial charge is 0.239 e. The summed E-state index contributed by atoms with van der Waals surface area (Å²) in [5.41, 5.74) is -0.125. The molecule has 13 heavy (non-hydrogen) atoms. The molecular weight excluding hydrogens is 184 g/mol. The Morgan fingerprint density at radius 3 is 2.54 bits per heavy atom. The topological polar surface area (TPSA) is 0 Å². The predicted octanol–water partition coefficient (Wildman–Crippen LogP) is 3.17. The maximum atomic E-state index is 12.8. The van der Waals surface area contributed by atoms with Crippen molar-refractivity contribution in [3.05, 3.63) is 41.8 Å². The molecule has 0 aromatic heterocycles. The van der Waals surface area contributed by atoms with Gasteiger partial charge in [-0.1, -0.05) is 0 Å². The van der Waals surface area contributed by atoms with E-state index in [-0.39, 0.29) is 5.56 Å². The maximum Gasteiger partial charge on any atom is 0.239 e. The molecule has 0 fully saturated rings. The summed E-state index contributed by atoms with van der Waals surface area (Å²) in [4.78, 5) is 0. The number of halogens is 4. The molecule has 0 heterocycles. The zero-order valence-corrected chi connectivity index (χ0v) is 6.61. The third kappa shape index (κ3) is 3.05. The van der Waals surface area contributed by atoms with Gasteiger partial charge in [-0.05, 0) is 30.2 Å². The van der Waals surface area contributed by atoms with E-state index in [0.29, 0.717) is 0 Å². The summed E-state index contributed by atoms with van der Waals surface area (Å²) >= 11 is 0. The summed E-state index contributed by atoms with van der Waals surface area (Å²) in [5, 5.41) is 0. The summed E-state index contributed by atoms with van der Waals surface area (Å²) < 4.78 is 48.7. The Hall–Kier alpha value is -1.06. The molecule has 0 aliphatic rings. The van der Waals surface area contributed by atoms with E-state index in [1.807, 2.05) is 0 Å². The summed E-state index contributed by atoms with van der Waals surface area (Å²) in [6.45, 7) is 0. The second kappa shape index (κ2) is 4.25. The van der Waals surface area contributed by atoms with Crippen LogP contribution in [0.25, 0.3) is 0 Å². The van der Waals surface area contributed by atoms with Crippen molar-refractivity contribution in [1.29, 1.82) is 0 Å². The third-order valence-electron chi connectivity index (χ3n) is 1.47. The van der Waals surface area contributed by atoms with Crippen LogP contribution in [-0.2, 0) is 0 Å². The average molecular weight is 191 g/mol. The first-order valence-electron chi connectivity index (χ1n) is 3.66. The van der Waals surface area contributed by atoms with Crippen LogP contribution in [0.5, 0.6) is 0 Å². The van der Waals surface area contributed by atoms with Gasteiger partial charge in [-0.2, -0.15) is 0 Å². The molecule has 0 N–H and O–H groups in total. The molecule has 1 rings (SSSR count). The van der Waals surface area contributed by atoms with E-state index >= 15 is 0 Å². The van der Waals surface area contributed by atoms with Crippen LogP contribution in [0.15, 0.2) is 18.2 Å². The molecule has 0 amide bonds. The van der Waals surface area contributed by atoms with Crippen molar-refractivity contribution in [1.82, 2.24) is 0 Å². The predicted molar refractivity (Wildman–Crippen MR) is 40.4 cm³/mol. The van der Waals surface area contributed by atoms with Gasteiger partial charge in [0.15, 0.2) is 0 Å². The first-order chi connectivity index (χ1) is 6.09. The van der Waals surface area contributed by atoms with Crippen molar-refractivity contribution >= 4 is 0 Å². The highest BCUT2D eigenvalue weighted by Crippen LogP contribution is 2.15. The molecule has 0 bridgehead atoms. The fourth-order valence-electron chi connectivity index (χ4n) is 0.887. The van der Waals surface area contributed by atoms with Crippen LogP contribution >= 0.6 is 0 Å². The molecular formula is C9H7F4. The fraction of sp³-hybridized carbons (Fsp3) is 0.222. The van der Waals surface area contributed by atoms with E-state index in [0.717, 1.165) is 24.6 Å². The molecule has 0 aliphatic heterocycles. The van der Waals surface area contributed by atoms with E-state index in [1.165, 1.54) is 0 Å². The normalized spacial score (nSPS) is 10.8. The Kier molecular flexibility index (Phi) is 3.28. The minimum Gasteiger partial charge on any atom is -0.211 e. The first kappa shape index (κ1) is 10.0. The van der Waals surface area contributed by atoms with E-state index < -0.39 is 24.5 Å². The molecule has 0 saturated carbocycles. The SMILES string of the molecule is Fc1ccc(F)c([CH]CC(F)F)c1. The molecule has 1 aromatic carbocycles. The van der Waals surface area contributed by atoms with Gasteiger partial charge >= 0.3 is 0 Å². The molecule has 0 atom stereocenters.